The van der Waals surface area contributed by atoms with Crippen LogP contribution in [0.1, 0.15) is 50.1 Å². The van der Waals surface area contributed by atoms with Crippen LogP contribution in [0.2, 0.25) is 0 Å². The fourth-order valence-electron chi connectivity index (χ4n) is 3.84. The average molecular weight is 302 g/mol. The molecule has 0 amide bonds. The first-order valence-corrected chi connectivity index (χ1v) is 8.94. The van der Waals surface area contributed by atoms with E-state index in [4.69, 9.17) is 9.72 Å². The van der Waals surface area contributed by atoms with Crippen molar-refractivity contribution >= 4 is 21.6 Å². The van der Waals surface area contributed by atoms with Crippen molar-refractivity contribution < 1.29 is 4.74 Å². The molecule has 2 heterocycles. The van der Waals surface area contributed by atoms with Crippen LogP contribution in [-0.2, 0) is 0 Å². The molecule has 1 N–H and O–H groups in total. The van der Waals surface area contributed by atoms with Crippen LogP contribution in [0.4, 0.5) is 0 Å². The van der Waals surface area contributed by atoms with Crippen molar-refractivity contribution in [3.63, 3.8) is 0 Å². The highest BCUT2D eigenvalue weighted by Gasteiger charge is 2.36. The summed E-state index contributed by atoms with van der Waals surface area (Å²) in [5.41, 5.74) is 1.11. The van der Waals surface area contributed by atoms with Crippen LogP contribution in [0.3, 0.4) is 0 Å². The van der Waals surface area contributed by atoms with Gasteiger partial charge in [0.15, 0.2) is 0 Å². The topological polar surface area (TPSA) is 34.1 Å². The number of nitrogens with zero attached hydrogens (tertiary/aromatic N) is 1. The van der Waals surface area contributed by atoms with Gasteiger partial charge in [-0.05, 0) is 50.3 Å². The van der Waals surface area contributed by atoms with Crippen molar-refractivity contribution in [2.24, 2.45) is 5.92 Å². The fraction of sp³-hybridized carbons (Fsp3) is 0.588. The second-order valence-corrected chi connectivity index (χ2v) is 7.28. The summed E-state index contributed by atoms with van der Waals surface area (Å²) < 4.78 is 6.83. The third-order valence-electron chi connectivity index (χ3n) is 4.85. The summed E-state index contributed by atoms with van der Waals surface area (Å²) in [6.45, 7) is 2.73. The Balaban J connectivity index is 1.59. The molecule has 21 heavy (non-hydrogen) atoms. The molecular formula is C17H22N2OS. The molecule has 3 atom stereocenters. The summed E-state index contributed by atoms with van der Waals surface area (Å²) in [6, 6.07) is 7.43. The Morgan fingerprint density at radius 3 is 3.10 bits per heavy atom. The molecule has 3 unspecified atom stereocenters. The number of fused-ring (bicyclic) bond motifs is 2. The predicted molar refractivity (Wildman–Crippen MR) is 87.0 cm³/mol. The summed E-state index contributed by atoms with van der Waals surface area (Å²) in [4.78, 5) is 4.85. The van der Waals surface area contributed by atoms with E-state index in [0.29, 0.717) is 12.6 Å². The van der Waals surface area contributed by atoms with Gasteiger partial charge in [-0.15, -0.1) is 11.3 Å². The highest BCUT2D eigenvalue weighted by molar-refractivity contribution is 7.18. The SMILES string of the molecule is CCOc1ccc2nc(C3CC4CCCCC4N3)sc2c1. The summed E-state index contributed by atoms with van der Waals surface area (Å²) in [5.74, 6) is 1.82. The Morgan fingerprint density at radius 2 is 2.24 bits per heavy atom. The molecule has 0 bridgehead atoms. The molecule has 1 aliphatic carbocycles. The highest BCUT2D eigenvalue weighted by atomic mass is 32.1. The van der Waals surface area contributed by atoms with Gasteiger partial charge in [0.2, 0.25) is 0 Å². The average Bonchev–Trinajstić information content (AvgIpc) is 3.10. The molecule has 3 nitrogen and oxygen atoms in total. The van der Waals surface area contributed by atoms with Gasteiger partial charge in [0.25, 0.3) is 0 Å². The lowest BCUT2D eigenvalue weighted by atomic mass is 9.85. The Kier molecular flexibility index (Phi) is 3.59. The van der Waals surface area contributed by atoms with Crippen molar-refractivity contribution in [3.8, 4) is 5.75 Å². The van der Waals surface area contributed by atoms with E-state index < -0.39 is 0 Å². The van der Waals surface area contributed by atoms with E-state index >= 15 is 0 Å². The molecule has 2 fully saturated rings. The number of hydrogen-bond donors (Lipinski definition) is 1. The van der Waals surface area contributed by atoms with Gasteiger partial charge in [0.05, 0.1) is 22.9 Å². The maximum Gasteiger partial charge on any atom is 0.120 e. The quantitative estimate of drug-likeness (QED) is 0.918. The van der Waals surface area contributed by atoms with Crippen LogP contribution in [-0.4, -0.2) is 17.6 Å². The molecule has 2 aromatic rings. The predicted octanol–water partition coefficient (Wildman–Crippen LogP) is 4.29. The summed E-state index contributed by atoms with van der Waals surface area (Å²) in [5, 5.41) is 5.08. The van der Waals surface area contributed by atoms with E-state index in [9.17, 15) is 0 Å². The maximum absolute atomic E-state index is 5.59. The van der Waals surface area contributed by atoms with Crippen LogP contribution in [0.25, 0.3) is 10.2 Å². The lowest BCUT2D eigenvalue weighted by Crippen LogP contribution is -2.30. The Bertz CT molecular complexity index is 625. The Labute approximate surface area is 129 Å². The van der Waals surface area contributed by atoms with E-state index in [1.165, 1.54) is 41.8 Å². The number of nitrogens with one attached hydrogen (secondary N) is 1. The van der Waals surface area contributed by atoms with Crippen molar-refractivity contribution in [1.82, 2.24) is 10.3 Å². The largest absolute Gasteiger partial charge is 0.494 e. The van der Waals surface area contributed by atoms with Gasteiger partial charge in [0, 0.05) is 6.04 Å². The molecule has 1 aromatic heterocycles. The van der Waals surface area contributed by atoms with Gasteiger partial charge < -0.3 is 10.1 Å². The third-order valence-corrected chi connectivity index (χ3v) is 5.98. The van der Waals surface area contributed by atoms with Crippen molar-refractivity contribution in [2.45, 2.75) is 51.1 Å². The fourth-order valence-corrected chi connectivity index (χ4v) is 4.91. The van der Waals surface area contributed by atoms with E-state index in [2.05, 4.69) is 17.4 Å². The molecule has 0 radical (unpaired) electrons. The van der Waals surface area contributed by atoms with Gasteiger partial charge in [-0.1, -0.05) is 12.8 Å². The number of thiazole rings is 1. The lowest BCUT2D eigenvalue weighted by molar-refractivity contribution is 0.325. The number of benzene rings is 1. The molecule has 0 spiro atoms. The van der Waals surface area contributed by atoms with E-state index in [-0.39, 0.29) is 0 Å². The normalized spacial score (nSPS) is 28.7. The molecule has 1 saturated heterocycles. The minimum absolute atomic E-state index is 0.464. The molecule has 1 aromatic carbocycles. The van der Waals surface area contributed by atoms with Gasteiger partial charge in [-0.2, -0.15) is 0 Å². The van der Waals surface area contributed by atoms with Gasteiger partial charge >= 0.3 is 0 Å². The first-order valence-electron chi connectivity index (χ1n) is 8.13. The van der Waals surface area contributed by atoms with Crippen molar-refractivity contribution in [3.05, 3.63) is 23.2 Å². The molecule has 4 heteroatoms. The summed E-state index contributed by atoms with van der Waals surface area (Å²) in [7, 11) is 0. The smallest absolute Gasteiger partial charge is 0.120 e. The minimum Gasteiger partial charge on any atom is -0.494 e. The van der Waals surface area contributed by atoms with E-state index in [1.807, 2.05) is 24.3 Å². The monoisotopic (exact) mass is 302 g/mol. The zero-order valence-electron chi connectivity index (χ0n) is 12.5. The molecular weight excluding hydrogens is 280 g/mol. The summed E-state index contributed by atoms with van der Waals surface area (Å²) in [6.07, 6.45) is 6.81. The van der Waals surface area contributed by atoms with Crippen LogP contribution in [0.15, 0.2) is 18.2 Å². The first kappa shape index (κ1) is 13.5. The van der Waals surface area contributed by atoms with Gasteiger partial charge in [0.1, 0.15) is 10.8 Å². The molecule has 1 aliphatic heterocycles. The van der Waals surface area contributed by atoms with Crippen LogP contribution < -0.4 is 10.1 Å². The Hall–Kier alpha value is -1.13. The molecule has 1 saturated carbocycles. The third kappa shape index (κ3) is 2.55. The standard InChI is InChI=1S/C17H22N2OS/c1-2-20-12-7-8-14-16(10-12)21-17(19-14)15-9-11-5-3-4-6-13(11)18-15/h7-8,10-11,13,15,18H,2-6,9H2,1H3. The molecule has 112 valence electrons. The minimum atomic E-state index is 0.464. The molecule has 4 rings (SSSR count). The van der Waals surface area contributed by atoms with Crippen molar-refractivity contribution in [2.75, 3.05) is 6.61 Å². The number of aromatic nitrogens is 1. The molecule has 2 aliphatic rings. The van der Waals surface area contributed by atoms with Crippen LogP contribution in [0, 0.1) is 5.92 Å². The Morgan fingerprint density at radius 1 is 1.33 bits per heavy atom. The number of rotatable bonds is 3. The van der Waals surface area contributed by atoms with Gasteiger partial charge in [-0.3, -0.25) is 0 Å². The number of hydrogen-bond acceptors (Lipinski definition) is 4. The van der Waals surface area contributed by atoms with Crippen molar-refractivity contribution in [1.29, 1.82) is 0 Å². The van der Waals surface area contributed by atoms with Crippen LogP contribution in [0.5, 0.6) is 5.75 Å². The van der Waals surface area contributed by atoms with Gasteiger partial charge in [-0.25, -0.2) is 4.98 Å². The summed E-state index contributed by atoms with van der Waals surface area (Å²) >= 11 is 1.83. The number of ether oxygens (including phenoxy) is 1. The van der Waals surface area contributed by atoms with E-state index in [1.54, 1.807) is 0 Å². The van der Waals surface area contributed by atoms with E-state index in [0.717, 1.165) is 23.2 Å². The first-order chi connectivity index (χ1) is 10.3. The second-order valence-electron chi connectivity index (χ2n) is 6.22. The zero-order chi connectivity index (χ0) is 14.2. The second kappa shape index (κ2) is 5.58. The van der Waals surface area contributed by atoms with Crippen LogP contribution >= 0.6 is 11.3 Å². The zero-order valence-corrected chi connectivity index (χ0v) is 13.3. The maximum atomic E-state index is 5.59. The lowest BCUT2D eigenvalue weighted by Gasteiger charge is -2.24. The highest BCUT2D eigenvalue weighted by Crippen LogP contribution is 2.41.